The van der Waals surface area contributed by atoms with E-state index in [0.717, 1.165) is 0 Å². The predicted molar refractivity (Wildman–Crippen MR) is 85.4 cm³/mol. The first-order valence-corrected chi connectivity index (χ1v) is 7.27. The third kappa shape index (κ3) is 5.78. The molecular formula is C16H24N2O5. The van der Waals surface area contributed by atoms with E-state index in [1.807, 2.05) is 0 Å². The van der Waals surface area contributed by atoms with Crippen molar-refractivity contribution in [3.8, 4) is 11.5 Å². The molecule has 0 aromatic heterocycles. The topological polar surface area (TPSA) is 88.1 Å². The van der Waals surface area contributed by atoms with Gasteiger partial charge in [-0.25, -0.2) is 0 Å². The molecule has 0 heterocycles. The summed E-state index contributed by atoms with van der Waals surface area (Å²) in [6.07, 6.45) is -0.654. The highest BCUT2D eigenvalue weighted by Gasteiger charge is 2.17. The van der Waals surface area contributed by atoms with E-state index in [0.29, 0.717) is 17.1 Å². The number of amides is 2. The van der Waals surface area contributed by atoms with E-state index in [1.165, 1.54) is 26.0 Å². The summed E-state index contributed by atoms with van der Waals surface area (Å²) in [7, 11) is 4.67. The minimum absolute atomic E-state index is 0.147. The van der Waals surface area contributed by atoms with Gasteiger partial charge in [0, 0.05) is 26.9 Å². The van der Waals surface area contributed by atoms with Crippen LogP contribution in [0.25, 0.3) is 0 Å². The number of nitrogens with zero attached hydrogens (tertiary/aromatic N) is 1. The Morgan fingerprint density at radius 1 is 1.26 bits per heavy atom. The first kappa shape index (κ1) is 18.8. The van der Waals surface area contributed by atoms with Gasteiger partial charge in [0.1, 0.15) is 0 Å². The molecule has 0 bridgehead atoms. The molecule has 1 rings (SSSR count). The van der Waals surface area contributed by atoms with Crippen LogP contribution in [0.2, 0.25) is 0 Å². The Morgan fingerprint density at radius 3 is 2.48 bits per heavy atom. The van der Waals surface area contributed by atoms with Crippen LogP contribution in [0.3, 0.4) is 0 Å². The van der Waals surface area contributed by atoms with Crippen molar-refractivity contribution in [2.45, 2.75) is 19.4 Å². The largest absolute Gasteiger partial charge is 0.493 e. The van der Waals surface area contributed by atoms with E-state index in [1.54, 1.807) is 25.2 Å². The quantitative estimate of drug-likeness (QED) is 0.736. The number of hydrogen-bond acceptors (Lipinski definition) is 5. The maximum Gasteiger partial charge on any atom is 0.224 e. The summed E-state index contributed by atoms with van der Waals surface area (Å²) in [5.41, 5.74) is 0.629. The van der Waals surface area contributed by atoms with Gasteiger partial charge in [-0.3, -0.25) is 9.59 Å². The maximum absolute atomic E-state index is 11.9. The molecule has 0 aliphatic heterocycles. The predicted octanol–water partition coefficient (Wildman–Crippen LogP) is 0.722. The van der Waals surface area contributed by atoms with Crippen molar-refractivity contribution in [2.24, 2.45) is 0 Å². The third-order valence-corrected chi connectivity index (χ3v) is 3.38. The van der Waals surface area contributed by atoms with Crippen molar-refractivity contribution in [1.82, 2.24) is 10.2 Å². The summed E-state index contributed by atoms with van der Waals surface area (Å²) in [4.78, 5) is 24.1. The number of nitrogens with one attached hydrogen (secondary N) is 1. The van der Waals surface area contributed by atoms with Crippen molar-refractivity contribution in [3.05, 3.63) is 23.8 Å². The van der Waals surface area contributed by atoms with Gasteiger partial charge in [0.2, 0.25) is 11.8 Å². The monoisotopic (exact) mass is 324 g/mol. The lowest BCUT2D eigenvalue weighted by Gasteiger charge is -2.22. The summed E-state index contributed by atoms with van der Waals surface area (Å²) >= 11 is 0. The van der Waals surface area contributed by atoms with Crippen molar-refractivity contribution in [3.63, 3.8) is 0 Å². The molecule has 7 heteroatoms. The molecule has 0 aliphatic rings. The third-order valence-electron chi connectivity index (χ3n) is 3.38. The SMILES string of the molecule is COc1ccc(C(O)CN(C)C(=O)CCNC(C)=O)cc1OC. The molecular weight excluding hydrogens is 300 g/mol. The highest BCUT2D eigenvalue weighted by Crippen LogP contribution is 2.30. The van der Waals surface area contributed by atoms with Crippen LogP contribution in [-0.4, -0.2) is 56.2 Å². The number of ether oxygens (including phenoxy) is 2. The molecule has 23 heavy (non-hydrogen) atoms. The fraction of sp³-hybridized carbons (Fsp3) is 0.500. The molecule has 1 aromatic carbocycles. The van der Waals surface area contributed by atoms with Crippen molar-refractivity contribution >= 4 is 11.8 Å². The Hall–Kier alpha value is -2.28. The number of likely N-dealkylation sites (N-methyl/N-ethyl adjacent to an activating group) is 1. The zero-order valence-corrected chi connectivity index (χ0v) is 14.0. The molecule has 1 aromatic rings. The molecule has 2 amide bonds. The van der Waals surface area contributed by atoms with E-state index >= 15 is 0 Å². The molecule has 128 valence electrons. The lowest BCUT2D eigenvalue weighted by molar-refractivity contribution is -0.131. The smallest absolute Gasteiger partial charge is 0.224 e. The summed E-state index contributed by atoms with van der Waals surface area (Å²) in [6.45, 7) is 1.83. The highest BCUT2D eigenvalue weighted by molar-refractivity contribution is 5.77. The molecule has 0 fully saturated rings. The summed E-state index contributed by atoms with van der Waals surface area (Å²) < 4.78 is 10.3. The Kier molecular flexibility index (Phi) is 7.34. The second kappa shape index (κ2) is 8.99. The zero-order valence-electron chi connectivity index (χ0n) is 14.0. The van der Waals surface area contributed by atoms with Gasteiger partial charge in [0.05, 0.1) is 26.9 Å². The molecule has 0 aliphatic carbocycles. The van der Waals surface area contributed by atoms with E-state index in [9.17, 15) is 14.7 Å². The molecule has 1 atom stereocenters. The first-order valence-electron chi connectivity index (χ1n) is 7.27. The summed E-state index contributed by atoms with van der Waals surface area (Å²) in [5.74, 6) is 0.760. The van der Waals surface area contributed by atoms with Gasteiger partial charge in [-0.15, -0.1) is 0 Å². The van der Waals surface area contributed by atoms with Gasteiger partial charge in [-0.1, -0.05) is 6.07 Å². The van der Waals surface area contributed by atoms with Crippen molar-refractivity contribution in [1.29, 1.82) is 0 Å². The van der Waals surface area contributed by atoms with E-state index < -0.39 is 6.10 Å². The molecule has 0 radical (unpaired) electrons. The molecule has 7 nitrogen and oxygen atoms in total. The van der Waals surface area contributed by atoms with Crippen LogP contribution in [0.4, 0.5) is 0 Å². The fourth-order valence-corrected chi connectivity index (χ4v) is 2.06. The number of hydrogen-bond donors (Lipinski definition) is 2. The average Bonchev–Trinajstić information content (AvgIpc) is 2.53. The summed E-state index contributed by atoms with van der Waals surface area (Å²) in [6, 6.07) is 5.11. The van der Waals surface area contributed by atoms with Crippen LogP contribution in [-0.2, 0) is 9.59 Å². The van der Waals surface area contributed by atoms with Gasteiger partial charge in [0.25, 0.3) is 0 Å². The van der Waals surface area contributed by atoms with Crippen LogP contribution >= 0.6 is 0 Å². The molecule has 2 N–H and O–H groups in total. The van der Waals surface area contributed by atoms with Gasteiger partial charge in [-0.05, 0) is 17.7 Å². The van der Waals surface area contributed by atoms with Crippen LogP contribution in [0.5, 0.6) is 11.5 Å². The fourth-order valence-electron chi connectivity index (χ4n) is 2.06. The number of aliphatic hydroxyl groups excluding tert-OH is 1. The normalized spacial score (nSPS) is 11.5. The van der Waals surface area contributed by atoms with Gasteiger partial charge < -0.3 is 24.8 Å². The number of aliphatic hydroxyl groups is 1. The molecule has 0 saturated heterocycles. The van der Waals surface area contributed by atoms with Gasteiger partial charge in [0.15, 0.2) is 11.5 Å². The number of methoxy groups -OCH3 is 2. The van der Waals surface area contributed by atoms with Crippen LogP contribution in [0.1, 0.15) is 25.0 Å². The Morgan fingerprint density at radius 2 is 1.91 bits per heavy atom. The lowest BCUT2D eigenvalue weighted by Crippen LogP contribution is -2.34. The number of carbonyl (C=O) groups is 2. The van der Waals surface area contributed by atoms with Crippen LogP contribution in [0.15, 0.2) is 18.2 Å². The molecule has 0 saturated carbocycles. The van der Waals surface area contributed by atoms with E-state index in [-0.39, 0.29) is 31.3 Å². The zero-order chi connectivity index (χ0) is 17.4. The van der Waals surface area contributed by atoms with Gasteiger partial charge >= 0.3 is 0 Å². The minimum atomic E-state index is -0.843. The van der Waals surface area contributed by atoms with Crippen molar-refractivity contribution in [2.75, 3.05) is 34.4 Å². The number of rotatable bonds is 8. The second-order valence-electron chi connectivity index (χ2n) is 5.14. The van der Waals surface area contributed by atoms with Gasteiger partial charge in [-0.2, -0.15) is 0 Å². The maximum atomic E-state index is 11.9. The van der Waals surface area contributed by atoms with Crippen LogP contribution in [0, 0.1) is 0 Å². The van der Waals surface area contributed by atoms with Crippen LogP contribution < -0.4 is 14.8 Å². The lowest BCUT2D eigenvalue weighted by atomic mass is 10.1. The molecule has 0 spiro atoms. The first-order chi connectivity index (χ1) is 10.9. The van der Waals surface area contributed by atoms with E-state index in [4.69, 9.17) is 9.47 Å². The number of carbonyl (C=O) groups excluding carboxylic acids is 2. The Bertz CT molecular complexity index is 547. The average molecular weight is 324 g/mol. The standard InChI is InChI=1S/C16H24N2O5/c1-11(19)17-8-7-16(21)18(2)10-13(20)12-5-6-14(22-3)15(9-12)23-4/h5-6,9,13,20H,7-8,10H2,1-4H3,(H,17,19). The minimum Gasteiger partial charge on any atom is -0.493 e. The summed E-state index contributed by atoms with van der Waals surface area (Å²) in [5, 5.41) is 12.8. The molecule has 1 unspecified atom stereocenters. The Labute approximate surface area is 136 Å². The second-order valence-corrected chi connectivity index (χ2v) is 5.14. The van der Waals surface area contributed by atoms with E-state index in [2.05, 4.69) is 5.32 Å². The Balaban J connectivity index is 2.62. The highest BCUT2D eigenvalue weighted by atomic mass is 16.5. The van der Waals surface area contributed by atoms with Crippen molar-refractivity contribution < 1.29 is 24.2 Å². The number of benzene rings is 1.